The van der Waals surface area contributed by atoms with Crippen LogP contribution in [0.5, 0.6) is 0 Å². The average Bonchev–Trinajstić information content (AvgIpc) is 3.55. The number of ether oxygens (including phenoxy) is 3. The van der Waals surface area contributed by atoms with E-state index in [0.29, 0.717) is 25.7 Å². The molecule has 0 saturated carbocycles. The summed E-state index contributed by atoms with van der Waals surface area (Å²) in [6.45, 7) is 4.14. The summed E-state index contributed by atoms with van der Waals surface area (Å²) >= 11 is 0. The maximum absolute atomic E-state index is 12.8. The lowest BCUT2D eigenvalue weighted by atomic mass is 10.0. The van der Waals surface area contributed by atoms with Crippen molar-refractivity contribution < 1.29 is 71.4 Å². The number of hydrogen-bond donors (Lipinski definition) is 6. The van der Waals surface area contributed by atoms with Gasteiger partial charge >= 0.3 is 33.3 Å². The van der Waals surface area contributed by atoms with Gasteiger partial charge in [-0.05, 0) is 63.4 Å². The van der Waals surface area contributed by atoms with Gasteiger partial charge in [0.2, 0.25) is 0 Å². The first-order chi connectivity index (χ1) is 32.4. The number of allylic oxidation sites excluding steroid dienone is 7. The van der Waals surface area contributed by atoms with Crippen LogP contribution in [0.2, 0.25) is 0 Å². The van der Waals surface area contributed by atoms with E-state index in [2.05, 4.69) is 48.3 Å². The first kappa shape index (κ1) is 60.8. The Balaban J connectivity index is 1.84. The fourth-order valence-corrected chi connectivity index (χ4v) is 9.03. The van der Waals surface area contributed by atoms with Crippen LogP contribution in [0.15, 0.2) is 65.7 Å². The molecule has 0 aliphatic carbocycles. The Labute approximate surface area is 402 Å². The van der Waals surface area contributed by atoms with E-state index in [1.165, 1.54) is 38.2 Å². The summed E-state index contributed by atoms with van der Waals surface area (Å²) in [7, 11) is -10.9. The SMILES string of the molecule is CCCC(O)C/C=C\C/C=C\C/C=C\C/C=C\CCCC(=O)OC[C@H](COP(=O)(O)OP(=O)(O)OC[C@H]1O[C@@H](n2ccc(N)nc2=O)[C@H](O)[C@@H]1O)OC(=O)CCCCCCCCCCCC(C)C. The second-order valence-corrected chi connectivity index (χ2v) is 20.3. The summed E-state index contributed by atoms with van der Waals surface area (Å²) in [4.78, 5) is 61.7. The monoisotopic (exact) mass is 1000 g/mol. The number of nitrogen functional groups attached to an aromatic ring is 1. The first-order valence-corrected chi connectivity index (χ1v) is 27.1. The van der Waals surface area contributed by atoms with Crippen molar-refractivity contribution in [2.75, 3.05) is 25.6 Å². The topological polar surface area (TPSA) is 286 Å². The zero-order valence-corrected chi connectivity index (χ0v) is 42.0. The molecular formula is C47H79N3O16P2. The van der Waals surface area contributed by atoms with Crippen LogP contribution in [0, 0.1) is 5.92 Å². The lowest BCUT2D eigenvalue weighted by molar-refractivity contribution is -0.161. The quantitative estimate of drug-likeness (QED) is 0.0157. The largest absolute Gasteiger partial charge is 0.481 e. The molecule has 2 rings (SSSR count). The van der Waals surface area contributed by atoms with E-state index in [4.69, 9.17) is 29.0 Å². The Bertz CT molecular complexity index is 1860. The van der Waals surface area contributed by atoms with Crippen molar-refractivity contribution in [1.29, 1.82) is 0 Å². The maximum atomic E-state index is 12.8. The van der Waals surface area contributed by atoms with Gasteiger partial charge < -0.3 is 45.1 Å². The molecule has 388 valence electrons. The van der Waals surface area contributed by atoms with Crippen LogP contribution in [-0.4, -0.2) is 96.9 Å². The maximum Gasteiger partial charge on any atom is 0.481 e. The third-order valence-electron chi connectivity index (χ3n) is 10.7. The fraction of sp³-hybridized carbons (Fsp3) is 0.702. The van der Waals surface area contributed by atoms with E-state index in [-0.39, 0.29) is 24.8 Å². The lowest BCUT2D eigenvalue weighted by Crippen LogP contribution is -2.36. The van der Waals surface area contributed by atoms with Gasteiger partial charge in [0.1, 0.15) is 30.7 Å². The highest BCUT2D eigenvalue weighted by Gasteiger charge is 2.46. The summed E-state index contributed by atoms with van der Waals surface area (Å²) in [5.74, 6) is -0.667. The molecule has 0 spiro atoms. The van der Waals surface area contributed by atoms with Crippen LogP contribution in [0.4, 0.5) is 5.82 Å². The normalized spacial score (nSPS) is 20.4. The van der Waals surface area contributed by atoms with Gasteiger partial charge in [-0.2, -0.15) is 9.29 Å². The van der Waals surface area contributed by atoms with Gasteiger partial charge in [-0.3, -0.25) is 23.2 Å². The molecule has 1 aromatic heterocycles. The molecule has 2 heterocycles. The molecule has 0 amide bonds. The van der Waals surface area contributed by atoms with E-state index < -0.39 is 83.7 Å². The molecule has 1 aromatic rings. The number of nitrogens with zero attached hydrogens (tertiary/aromatic N) is 2. The number of nitrogens with two attached hydrogens (primary N) is 1. The van der Waals surface area contributed by atoms with Gasteiger partial charge in [0.05, 0.1) is 19.3 Å². The Morgan fingerprint density at radius 3 is 1.99 bits per heavy atom. The number of rotatable bonds is 38. The second-order valence-electron chi connectivity index (χ2n) is 17.3. The van der Waals surface area contributed by atoms with Crippen molar-refractivity contribution in [2.24, 2.45) is 5.92 Å². The number of aliphatic hydroxyl groups excluding tert-OH is 3. The predicted octanol–water partition coefficient (Wildman–Crippen LogP) is 8.21. The first-order valence-electron chi connectivity index (χ1n) is 24.1. The van der Waals surface area contributed by atoms with Gasteiger partial charge in [-0.15, -0.1) is 0 Å². The summed E-state index contributed by atoms with van der Waals surface area (Å²) in [6, 6.07) is 1.24. The van der Waals surface area contributed by atoms with Crippen LogP contribution < -0.4 is 11.4 Å². The summed E-state index contributed by atoms with van der Waals surface area (Å²) in [5, 5.41) is 30.6. The van der Waals surface area contributed by atoms with Crippen molar-refractivity contribution in [3.05, 3.63) is 71.4 Å². The molecule has 7 N–H and O–H groups in total. The number of aromatic nitrogens is 2. The molecule has 8 atom stereocenters. The molecule has 0 radical (unpaired) electrons. The van der Waals surface area contributed by atoms with E-state index in [0.717, 1.165) is 74.5 Å². The number of carbonyl (C=O) groups excluding carboxylic acids is 2. The van der Waals surface area contributed by atoms with Gasteiger partial charge in [0.25, 0.3) is 0 Å². The third-order valence-corrected chi connectivity index (χ3v) is 13.3. The van der Waals surface area contributed by atoms with Crippen molar-refractivity contribution in [3.63, 3.8) is 0 Å². The Morgan fingerprint density at radius 2 is 1.37 bits per heavy atom. The van der Waals surface area contributed by atoms with Crippen LogP contribution in [-0.2, 0) is 46.3 Å². The minimum Gasteiger partial charge on any atom is -0.462 e. The molecule has 21 heteroatoms. The van der Waals surface area contributed by atoms with E-state index >= 15 is 0 Å². The zero-order valence-electron chi connectivity index (χ0n) is 40.2. The van der Waals surface area contributed by atoms with Gasteiger partial charge in [-0.1, -0.05) is 134 Å². The summed E-state index contributed by atoms with van der Waals surface area (Å²) < 4.78 is 56.6. The van der Waals surface area contributed by atoms with Gasteiger partial charge in [0.15, 0.2) is 12.3 Å². The average molecular weight is 1000 g/mol. The second kappa shape index (κ2) is 34.9. The number of phosphoric acid groups is 2. The molecule has 1 aliphatic heterocycles. The number of phosphoric ester groups is 2. The van der Waals surface area contributed by atoms with Gasteiger partial charge in [-0.25, -0.2) is 13.9 Å². The van der Waals surface area contributed by atoms with Crippen LogP contribution in [0.1, 0.15) is 155 Å². The van der Waals surface area contributed by atoms with Crippen molar-refractivity contribution >= 4 is 33.4 Å². The number of carbonyl (C=O) groups is 2. The Morgan fingerprint density at radius 1 is 0.794 bits per heavy atom. The van der Waals surface area contributed by atoms with Crippen molar-refractivity contribution in [1.82, 2.24) is 9.55 Å². The number of anilines is 1. The number of unbranched alkanes of at least 4 members (excludes halogenated alkanes) is 9. The molecule has 1 aliphatic rings. The van der Waals surface area contributed by atoms with Crippen LogP contribution in [0.3, 0.4) is 0 Å². The van der Waals surface area contributed by atoms with E-state index in [1.807, 2.05) is 30.4 Å². The Kier molecular flexibility index (Phi) is 31.2. The standard InChI is InChI=1S/C47H79N3O16P2/c1-4-27-38(51)29-24-20-16-12-8-6-5-7-9-13-17-21-25-30-42(52)61-34-39(64-43(53)31-26-22-18-14-10-11-15-19-23-28-37(2)3)35-62-67(57,58)66-68(59,60)63-36-40-44(54)45(55)46(65-40)50-33-32-41(48)49-47(50)56/h5,7-8,12-13,17,20,24,32-33,37-40,44-46,51,54-55H,4,6,9-11,14-16,18-19,21-23,25-31,34-36H2,1-3H3,(H,57,58)(H,59,60)(H2,48,49,56)/b7-5-,12-8-,17-13-,24-20-/t38?,39-,40-,44-,45-,46-/m1/s1. The summed E-state index contributed by atoms with van der Waals surface area (Å²) in [6.07, 6.45) is 25.8. The van der Waals surface area contributed by atoms with Crippen LogP contribution in [0.25, 0.3) is 0 Å². The van der Waals surface area contributed by atoms with Crippen molar-refractivity contribution in [3.8, 4) is 0 Å². The number of hydrogen-bond acceptors (Lipinski definition) is 16. The van der Waals surface area contributed by atoms with Crippen LogP contribution >= 0.6 is 15.6 Å². The molecule has 68 heavy (non-hydrogen) atoms. The highest BCUT2D eigenvalue weighted by molar-refractivity contribution is 7.61. The minimum absolute atomic E-state index is 0.0300. The highest BCUT2D eigenvalue weighted by Crippen LogP contribution is 2.60. The fourth-order valence-electron chi connectivity index (χ4n) is 6.92. The number of aliphatic hydroxyl groups is 3. The summed E-state index contributed by atoms with van der Waals surface area (Å²) in [5.41, 5.74) is 4.57. The highest BCUT2D eigenvalue weighted by atomic mass is 31.3. The van der Waals surface area contributed by atoms with Gasteiger partial charge in [0, 0.05) is 19.0 Å². The molecule has 0 bridgehead atoms. The molecule has 1 fully saturated rings. The smallest absolute Gasteiger partial charge is 0.462 e. The molecule has 19 nitrogen and oxygen atoms in total. The predicted molar refractivity (Wildman–Crippen MR) is 258 cm³/mol. The third kappa shape index (κ3) is 28.4. The Hall–Kier alpha value is -3.32. The number of esters is 2. The van der Waals surface area contributed by atoms with Crippen molar-refractivity contribution in [2.45, 2.75) is 186 Å². The van der Waals surface area contributed by atoms with E-state index in [9.17, 15) is 48.6 Å². The molecule has 3 unspecified atom stereocenters. The molecule has 1 saturated heterocycles. The zero-order chi connectivity index (χ0) is 50.2. The molecular weight excluding hydrogens is 924 g/mol. The lowest BCUT2D eigenvalue weighted by Gasteiger charge is -2.21. The minimum atomic E-state index is -5.44. The molecule has 0 aromatic carbocycles. The van der Waals surface area contributed by atoms with E-state index in [1.54, 1.807) is 0 Å².